The van der Waals surface area contributed by atoms with Crippen LogP contribution in [0.2, 0.25) is 0 Å². The number of carboxylic acid groups (broad SMARTS) is 1. The number of aromatic carboxylic acids is 1. The number of aryl methyl sites for hydroxylation is 1. The van der Waals surface area contributed by atoms with Crippen molar-refractivity contribution >= 4 is 16.7 Å². The molecule has 120 valence electrons. The van der Waals surface area contributed by atoms with E-state index < -0.39 is 5.97 Å². The second kappa shape index (κ2) is 5.68. The van der Waals surface area contributed by atoms with Crippen LogP contribution in [0.1, 0.15) is 39.4 Å². The van der Waals surface area contributed by atoms with Gasteiger partial charge in [0.25, 0.3) is 0 Å². The predicted octanol–water partition coefficient (Wildman–Crippen LogP) is 4.62. The van der Waals surface area contributed by atoms with Crippen LogP contribution in [0.4, 0.5) is 0 Å². The molecule has 24 heavy (non-hydrogen) atoms. The van der Waals surface area contributed by atoms with E-state index in [0.29, 0.717) is 5.56 Å². The maximum atomic E-state index is 11.6. The lowest BCUT2D eigenvalue weighted by Crippen LogP contribution is -2.14. The zero-order valence-corrected chi connectivity index (χ0v) is 13.5. The highest BCUT2D eigenvalue weighted by molar-refractivity contribution is 5.96. The van der Waals surface area contributed by atoms with Gasteiger partial charge in [-0.05, 0) is 47.1 Å². The second-order valence-corrected chi connectivity index (χ2v) is 6.18. The number of carbonyl (C=O) groups is 1. The zero-order chi connectivity index (χ0) is 16.7. The molecule has 0 bridgehead atoms. The Morgan fingerprint density at radius 3 is 2.62 bits per heavy atom. The minimum Gasteiger partial charge on any atom is -0.496 e. The number of hydrogen-bond acceptors (Lipinski definition) is 2. The van der Waals surface area contributed by atoms with E-state index >= 15 is 0 Å². The van der Waals surface area contributed by atoms with Gasteiger partial charge in [-0.15, -0.1) is 0 Å². The van der Waals surface area contributed by atoms with Crippen molar-refractivity contribution in [3.63, 3.8) is 0 Å². The third-order valence-corrected chi connectivity index (χ3v) is 4.98. The van der Waals surface area contributed by atoms with Crippen LogP contribution in [0.25, 0.3) is 10.8 Å². The highest BCUT2D eigenvalue weighted by Gasteiger charge is 2.27. The van der Waals surface area contributed by atoms with Gasteiger partial charge in [-0.1, -0.05) is 42.5 Å². The summed E-state index contributed by atoms with van der Waals surface area (Å²) in [6.45, 7) is 0. The lowest BCUT2D eigenvalue weighted by atomic mass is 9.76. The molecule has 0 aromatic heterocycles. The summed E-state index contributed by atoms with van der Waals surface area (Å²) >= 11 is 0. The predicted molar refractivity (Wildman–Crippen MR) is 94.1 cm³/mol. The topological polar surface area (TPSA) is 46.5 Å². The van der Waals surface area contributed by atoms with Crippen LogP contribution in [0.3, 0.4) is 0 Å². The van der Waals surface area contributed by atoms with Crippen LogP contribution in [0.15, 0.2) is 54.6 Å². The van der Waals surface area contributed by atoms with Gasteiger partial charge in [-0.3, -0.25) is 0 Å². The van der Waals surface area contributed by atoms with Crippen molar-refractivity contribution in [1.29, 1.82) is 0 Å². The van der Waals surface area contributed by atoms with E-state index in [9.17, 15) is 9.90 Å². The lowest BCUT2D eigenvalue weighted by Gasteiger charge is -2.27. The van der Waals surface area contributed by atoms with E-state index in [-0.39, 0.29) is 5.92 Å². The van der Waals surface area contributed by atoms with Gasteiger partial charge in [0.05, 0.1) is 12.7 Å². The van der Waals surface area contributed by atoms with Crippen LogP contribution in [-0.2, 0) is 6.42 Å². The Morgan fingerprint density at radius 1 is 1.04 bits per heavy atom. The highest BCUT2D eigenvalue weighted by Crippen LogP contribution is 2.43. The standard InChI is InChI=1S/C21H18O3/c1-24-19-12-10-13-9-11-15(16-7-4-8-18(19)20(13)16)14-5-2-3-6-17(14)21(22)23/h2-8,10,12,15H,9,11H2,1H3,(H,22,23). The lowest BCUT2D eigenvalue weighted by molar-refractivity contribution is 0.0695. The van der Waals surface area contributed by atoms with E-state index in [4.69, 9.17) is 4.74 Å². The molecule has 0 radical (unpaired) electrons. The molecule has 0 fully saturated rings. The summed E-state index contributed by atoms with van der Waals surface area (Å²) < 4.78 is 5.51. The zero-order valence-electron chi connectivity index (χ0n) is 13.5. The first-order valence-electron chi connectivity index (χ1n) is 8.11. The van der Waals surface area contributed by atoms with Gasteiger partial charge in [0, 0.05) is 11.3 Å². The van der Waals surface area contributed by atoms with Crippen molar-refractivity contribution in [3.05, 3.63) is 76.9 Å². The maximum Gasteiger partial charge on any atom is 0.335 e. The minimum atomic E-state index is -0.866. The highest BCUT2D eigenvalue weighted by atomic mass is 16.5. The van der Waals surface area contributed by atoms with Crippen LogP contribution < -0.4 is 4.74 Å². The molecule has 3 nitrogen and oxygen atoms in total. The molecule has 0 saturated heterocycles. The van der Waals surface area contributed by atoms with Gasteiger partial charge < -0.3 is 9.84 Å². The molecule has 0 saturated carbocycles. The van der Waals surface area contributed by atoms with Gasteiger partial charge in [0.15, 0.2) is 0 Å². The molecule has 1 atom stereocenters. The fraction of sp³-hybridized carbons (Fsp3) is 0.190. The molecule has 0 aliphatic heterocycles. The first-order chi connectivity index (χ1) is 11.7. The summed E-state index contributed by atoms with van der Waals surface area (Å²) in [6, 6.07) is 17.7. The molecular formula is C21H18O3. The first kappa shape index (κ1) is 14.8. The average molecular weight is 318 g/mol. The van der Waals surface area contributed by atoms with Crippen molar-refractivity contribution in [2.45, 2.75) is 18.8 Å². The number of ether oxygens (including phenoxy) is 1. The Labute approximate surface area is 140 Å². The van der Waals surface area contributed by atoms with E-state index in [0.717, 1.165) is 29.5 Å². The first-order valence-corrected chi connectivity index (χ1v) is 8.11. The smallest absolute Gasteiger partial charge is 0.335 e. The molecule has 3 heteroatoms. The third kappa shape index (κ3) is 2.16. The SMILES string of the molecule is COc1ccc2c3c(cccc13)C(c1ccccc1C(=O)O)CC2. The Kier molecular flexibility index (Phi) is 3.49. The summed E-state index contributed by atoms with van der Waals surface area (Å²) in [5.41, 5.74) is 3.80. The van der Waals surface area contributed by atoms with Crippen molar-refractivity contribution in [2.75, 3.05) is 7.11 Å². The average Bonchev–Trinajstić information content (AvgIpc) is 2.62. The molecule has 0 amide bonds. The van der Waals surface area contributed by atoms with Gasteiger partial charge in [-0.2, -0.15) is 0 Å². The van der Waals surface area contributed by atoms with Crippen molar-refractivity contribution in [1.82, 2.24) is 0 Å². The molecule has 4 rings (SSSR count). The van der Waals surface area contributed by atoms with Crippen LogP contribution in [0, 0.1) is 0 Å². The van der Waals surface area contributed by atoms with E-state index in [1.54, 1.807) is 19.2 Å². The fourth-order valence-electron chi connectivity index (χ4n) is 3.93. The van der Waals surface area contributed by atoms with Crippen LogP contribution in [-0.4, -0.2) is 18.2 Å². The third-order valence-electron chi connectivity index (χ3n) is 4.98. The summed E-state index contributed by atoms with van der Waals surface area (Å²) in [4.78, 5) is 11.6. The molecule has 1 N–H and O–H groups in total. The fourth-order valence-corrected chi connectivity index (χ4v) is 3.93. The largest absolute Gasteiger partial charge is 0.496 e. The minimum absolute atomic E-state index is 0.0978. The molecule has 0 spiro atoms. The monoisotopic (exact) mass is 318 g/mol. The van der Waals surface area contributed by atoms with Crippen molar-refractivity contribution in [2.24, 2.45) is 0 Å². The molecule has 3 aromatic rings. The summed E-state index contributed by atoms with van der Waals surface area (Å²) in [5.74, 6) is 0.0950. The van der Waals surface area contributed by atoms with Gasteiger partial charge in [-0.25, -0.2) is 4.79 Å². The van der Waals surface area contributed by atoms with Gasteiger partial charge in [0.2, 0.25) is 0 Å². The molecule has 1 aliphatic carbocycles. The molecule has 1 aliphatic rings. The molecule has 0 heterocycles. The maximum absolute atomic E-state index is 11.6. The Balaban J connectivity index is 1.98. The van der Waals surface area contributed by atoms with E-state index in [1.807, 2.05) is 24.3 Å². The number of rotatable bonds is 3. The Morgan fingerprint density at radius 2 is 1.83 bits per heavy atom. The molecule has 1 unspecified atom stereocenters. The Bertz CT molecular complexity index is 943. The molecular weight excluding hydrogens is 300 g/mol. The van der Waals surface area contributed by atoms with Crippen molar-refractivity contribution in [3.8, 4) is 5.75 Å². The van der Waals surface area contributed by atoms with Gasteiger partial charge in [0.1, 0.15) is 5.75 Å². The summed E-state index contributed by atoms with van der Waals surface area (Å²) in [5, 5.41) is 11.9. The van der Waals surface area contributed by atoms with Crippen molar-refractivity contribution < 1.29 is 14.6 Å². The second-order valence-electron chi connectivity index (χ2n) is 6.18. The normalized spacial score (nSPS) is 16.1. The van der Waals surface area contributed by atoms with Gasteiger partial charge >= 0.3 is 5.97 Å². The van der Waals surface area contributed by atoms with E-state index in [1.165, 1.54) is 16.5 Å². The number of benzene rings is 3. The quantitative estimate of drug-likeness (QED) is 0.766. The number of carboxylic acids is 1. The number of methoxy groups -OCH3 is 1. The van der Waals surface area contributed by atoms with Crippen LogP contribution >= 0.6 is 0 Å². The molecule has 3 aromatic carbocycles. The van der Waals surface area contributed by atoms with Crippen LogP contribution in [0.5, 0.6) is 5.75 Å². The Hall–Kier alpha value is -2.81. The number of hydrogen-bond donors (Lipinski definition) is 1. The summed E-state index contributed by atoms with van der Waals surface area (Å²) in [6.07, 6.45) is 1.86. The van der Waals surface area contributed by atoms with E-state index in [2.05, 4.69) is 18.2 Å². The summed E-state index contributed by atoms with van der Waals surface area (Å²) in [7, 11) is 1.68.